The lowest BCUT2D eigenvalue weighted by molar-refractivity contribution is -0.130. The first-order valence-corrected chi connectivity index (χ1v) is 8.78. The molecular weight excluding hydrogens is 298 g/mol. The van der Waals surface area contributed by atoms with Crippen LogP contribution in [0.2, 0.25) is 0 Å². The molecule has 2 fully saturated rings. The van der Waals surface area contributed by atoms with E-state index in [-0.39, 0.29) is 17.9 Å². The molecule has 0 unspecified atom stereocenters. The van der Waals surface area contributed by atoms with Gasteiger partial charge in [0, 0.05) is 31.3 Å². The molecule has 3 heteroatoms. The third-order valence-corrected chi connectivity index (χ3v) is 5.67. The largest absolute Gasteiger partial charge is 0.393 e. The van der Waals surface area contributed by atoms with Gasteiger partial charge in [0.1, 0.15) is 0 Å². The average molecular weight is 321 g/mol. The first-order valence-electron chi connectivity index (χ1n) is 8.78. The normalized spacial score (nSPS) is 25.4. The van der Waals surface area contributed by atoms with Crippen LogP contribution in [0.1, 0.15) is 29.9 Å². The number of aliphatic hydroxyl groups excluding tert-OH is 1. The SMILES string of the molecule is O=C(CC(c1ccccc1)c1ccccc1)N1C[C@H]2C[C@@H](O)[C@H]2C1. The van der Waals surface area contributed by atoms with E-state index in [1.807, 2.05) is 41.3 Å². The Bertz CT molecular complexity index is 661. The zero-order chi connectivity index (χ0) is 16.5. The lowest BCUT2D eigenvalue weighted by Crippen LogP contribution is -2.39. The van der Waals surface area contributed by atoms with Crippen molar-refractivity contribution < 1.29 is 9.90 Å². The van der Waals surface area contributed by atoms with E-state index in [4.69, 9.17) is 0 Å². The summed E-state index contributed by atoms with van der Waals surface area (Å²) in [4.78, 5) is 14.8. The third kappa shape index (κ3) is 2.84. The van der Waals surface area contributed by atoms with Crippen LogP contribution in [-0.4, -0.2) is 35.1 Å². The van der Waals surface area contributed by atoms with E-state index >= 15 is 0 Å². The number of amides is 1. The minimum absolute atomic E-state index is 0.0862. The van der Waals surface area contributed by atoms with Gasteiger partial charge in [-0.05, 0) is 23.5 Å². The maximum Gasteiger partial charge on any atom is 0.223 e. The van der Waals surface area contributed by atoms with Gasteiger partial charge in [-0.2, -0.15) is 0 Å². The molecule has 3 nitrogen and oxygen atoms in total. The molecule has 3 atom stereocenters. The summed E-state index contributed by atoms with van der Waals surface area (Å²) in [6.45, 7) is 1.54. The molecule has 2 aliphatic rings. The highest BCUT2D eigenvalue weighted by Crippen LogP contribution is 2.41. The molecule has 4 rings (SSSR count). The molecule has 1 amide bonds. The fourth-order valence-corrected chi connectivity index (χ4v) is 4.18. The van der Waals surface area contributed by atoms with Crippen LogP contribution in [0, 0.1) is 11.8 Å². The Labute approximate surface area is 142 Å². The van der Waals surface area contributed by atoms with Gasteiger partial charge in [-0.3, -0.25) is 4.79 Å². The number of benzene rings is 2. The number of carbonyl (C=O) groups is 1. The van der Waals surface area contributed by atoms with Gasteiger partial charge >= 0.3 is 0 Å². The molecule has 2 aromatic carbocycles. The van der Waals surface area contributed by atoms with Crippen molar-refractivity contribution in [2.75, 3.05) is 13.1 Å². The molecule has 124 valence electrons. The van der Waals surface area contributed by atoms with Gasteiger partial charge in [0.25, 0.3) is 0 Å². The minimum Gasteiger partial charge on any atom is -0.393 e. The van der Waals surface area contributed by atoms with Crippen molar-refractivity contribution in [1.29, 1.82) is 0 Å². The highest BCUT2D eigenvalue weighted by Gasteiger charge is 2.47. The van der Waals surface area contributed by atoms with Crippen molar-refractivity contribution in [2.24, 2.45) is 11.8 Å². The molecule has 24 heavy (non-hydrogen) atoms. The molecule has 2 aromatic rings. The van der Waals surface area contributed by atoms with Gasteiger partial charge in [0.2, 0.25) is 5.91 Å². The van der Waals surface area contributed by atoms with E-state index in [0.717, 1.165) is 19.5 Å². The Hall–Kier alpha value is -2.13. The molecule has 0 radical (unpaired) electrons. The number of likely N-dealkylation sites (tertiary alicyclic amines) is 1. The van der Waals surface area contributed by atoms with E-state index in [9.17, 15) is 9.90 Å². The molecule has 0 spiro atoms. The van der Waals surface area contributed by atoms with Gasteiger partial charge in [0.05, 0.1) is 6.10 Å². The predicted molar refractivity (Wildman–Crippen MR) is 93.5 cm³/mol. The van der Waals surface area contributed by atoms with Crippen molar-refractivity contribution in [3.8, 4) is 0 Å². The molecule has 0 aromatic heterocycles. The van der Waals surface area contributed by atoms with E-state index in [1.165, 1.54) is 11.1 Å². The van der Waals surface area contributed by atoms with Crippen molar-refractivity contribution in [3.05, 3.63) is 71.8 Å². The average Bonchev–Trinajstić information content (AvgIpc) is 2.98. The summed E-state index contributed by atoms with van der Waals surface area (Å²) < 4.78 is 0. The van der Waals surface area contributed by atoms with Crippen LogP contribution >= 0.6 is 0 Å². The Balaban J connectivity index is 1.53. The van der Waals surface area contributed by atoms with Crippen LogP contribution in [0.5, 0.6) is 0 Å². The summed E-state index contributed by atoms with van der Waals surface area (Å²) in [5.74, 6) is 1.11. The molecule has 1 heterocycles. The maximum absolute atomic E-state index is 12.9. The molecule has 1 aliphatic heterocycles. The fraction of sp³-hybridized carbons (Fsp3) is 0.381. The van der Waals surface area contributed by atoms with Crippen LogP contribution in [0.3, 0.4) is 0 Å². The molecule has 1 saturated heterocycles. The molecular formula is C21H23NO2. The minimum atomic E-state index is -0.202. The van der Waals surface area contributed by atoms with Gasteiger partial charge < -0.3 is 10.0 Å². The quantitative estimate of drug-likeness (QED) is 0.940. The molecule has 0 bridgehead atoms. The maximum atomic E-state index is 12.9. The summed E-state index contributed by atoms with van der Waals surface area (Å²) in [5.41, 5.74) is 2.36. The first kappa shape index (κ1) is 15.4. The van der Waals surface area contributed by atoms with Crippen LogP contribution in [0.15, 0.2) is 60.7 Å². The lowest BCUT2D eigenvalue weighted by Gasteiger charge is -2.34. The number of fused-ring (bicyclic) bond motifs is 1. The van der Waals surface area contributed by atoms with Crippen LogP contribution in [-0.2, 0) is 4.79 Å². The number of nitrogens with zero attached hydrogens (tertiary/aromatic N) is 1. The molecule has 1 saturated carbocycles. The number of aliphatic hydroxyl groups is 1. The van der Waals surface area contributed by atoms with Gasteiger partial charge in [0.15, 0.2) is 0 Å². The standard InChI is InChI=1S/C21H23NO2/c23-20-11-17-13-22(14-19(17)20)21(24)12-18(15-7-3-1-4-8-15)16-9-5-2-6-10-16/h1-10,17-20,23H,11-14H2/t17-,19+,20-/m1/s1. The number of hydrogen-bond donors (Lipinski definition) is 1. The zero-order valence-electron chi connectivity index (χ0n) is 13.7. The van der Waals surface area contributed by atoms with Gasteiger partial charge in [-0.15, -0.1) is 0 Å². The number of hydrogen-bond acceptors (Lipinski definition) is 2. The summed E-state index contributed by atoms with van der Waals surface area (Å²) in [6.07, 6.45) is 1.14. The van der Waals surface area contributed by atoms with Gasteiger partial charge in [-0.1, -0.05) is 60.7 Å². The summed E-state index contributed by atoms with van der Waals surface area (Å²) >= 11 is 0. The van der Waals surface area contributed by atoms with Crippen molar-refractivity contribution in [1.82, 2.24) is 4.90 Å². The lowest BCUT2D eigenvalue weighted by atomic mass is 9.74. The monoisotopic (exact) mass is 321 g/mol. The second-order valence-electron chi connectivity index (χ2n) is 7.10. The predicted octanol–water partition coefficient (Wildman–Crippen LogP) is 3.05. The van der Waals surface area contributed by atoms with E-state index in [1.54, 1.807) is 0 Å². The second kappa shape index (κ2) is 6.40. The molecule has 1 aliphatic carbocycles. The molecule has 1 N–H and O–H groups in total. The topological polar surface area (TPSA) is 40.5 Å². The Morgan fingerprint density at radius 3 is 2.08 bits per heavy atom. The second-order valence-corrected chi connectivity index (χ2v) is 7.10. The first-order chi connectivity index (χ1) is 11.7. The Kier molecular flexibility index (Phi) is 4.11. The smallest absolute Gasteiger partial charge is 0.223 e. The number of rotatable bonds is 4. The number of carbonyl (C=O) groups excluding carboxylic acids is 1. The Morgan fingerprint density at radius 2 is 1.58 bits per heavy atom. The van der Waals surface area contributed by atoms with Crippen LogP contribution in [0.4, 0.5) is 0 Å². The van der Waals surface area contributed by atoms with Crippen molar-refractivity contribution in [2.45, 2.75) is 24.9 Å². The van der Waals surface area contributed by atoms with E-state index in [2.05, 4.69) is 24.3 Å². The van der Waals surface area contributed by atoms with Crippen LogP contribution in [0.25, 0.3) is 0 Å². The zero-order valence-corrected chi connectivity index (χ0v) is 13.7. The van der Waals surface area contributed by atoms with Crippen molar-refractivity contribution in [3.63, 3.8) is 0 Å². The summed E-state index contributed by atoms with van der Waals surface area (Å²) in [5, 5.41) is 9.82. The van der Waals surface area contributed by atoms with Crippen LogP contribution < -0.4 is 0 Å². The third-order valence-electron chi connectivity index (χ3n) is 5.67. The summed E-state index contributed by atoms with van der Waals surface area (Å²) in [7, 11) is 0. The summed E-state index contributed by atoms with van der Waals surface area (Å²) in [6, 6.07) is 20.5. The van der Waals surface area contributed by atoms with Gasteiger partial charge in [-0.25, -0.2) is 0 Å². The van der Waals surface area contributed by atoms with E-state index < -0.39 is 0 Å². The highest BCUT2D eigenvalue weighted by atomic mass is 16.3. The fourth-order valence-electron chi connectivity index (χ4n) is 4.18. The van der Waals surface area contributed by atoms with Crippen molar-refractivity contribution >= 4 is 5.91 Å². The highest BCUT2D eigenvalue weighted by molar-refractivity contribution is 5.78. The van der Waals surface area contributed by atoms with E-state index in [0.29, 0.717) is 18.3 Å². The Morgan fingerprint density at radius 1 is 1.00 bits per heavy atom.